The van der Waals surface area contributed by atoms with Gasteiger partial charge in [0.25, 0.3) is 5.56 Å². The Morgan fingerprint density at radius 2 is 1.73 bits per heavy atom. The van der Waals surface area contributed by atoms with E-state index in [9.17, 15) is 4.79 Å². The summed E-state index contributed by atoms with van der Waals surface area (Å²) in [4.78, 5) is 31.2. The molecule has 2 aromatic carbocycles. The van der Waals surface area contributed by atoms with Crippen molar-refractivity contribution in [3.8, 4) is 22.4 Å². The topological polar surface area (TPSA) is 119 Å². The molecular weight excluding hydrogens is 500 g/mol. The number of nitrogens with two attached hydrogens (primary N) is 1. The molecule has 40 heavy (non-hydrogen) atoms. The Labute approximate surface area is 230 Å². The summed E-state index contributed by atoms with van der Waals surface area (Å²) >= 11 is 0. The molecule has 0 aliphatic carbocycles. The van der Waals surface area contributed by atoms with Crippen molar-refractivity contribution < 1.29 is 0 Å². The van der Waals surface area contributed by atoms with Crippen molar-refractivity contribution in [1.82, 2.24) is 34.6 Å². The van der Waals surface area contributed by atoms with Crippen molar-refractivity contribution in [2.24, 2.45) is 0 Å². The lowest BCUT2D eigenvalue weighted by atomic mass is 9.97. The maximum atomic E-state index is 12.5. The highest BCUT2D eigenvalue weighted by atomic mass is 16.1. The van der Waals surface area contributed by atoms with E-state index in [-0.39, 0.29) is 5.56 Å². The molecule has 0 amide bonds. The van der Waals surface area contributed by atoms with Gasteiger partial charge in [-0.25, -0.2) is 19.6 Å². The number of pyridine rings is 2. The first kappa shape index (κ1) is 24.2. The van der Waals surface area contributed by atoms with Crippen LogP contribution in [-0.4, -0.2) is 47.7 Å². The standard InChI is InChI=1S/C31H28N8O/c32-29-26-17-36-39(30(26)35-19-34-29)23-11-14-38(15-12-23)18-20-6-8-22(9-7-20)28-24(21-4-2-1-3-5-21)16-25-27(37-28)10-13-33-31(25)40/h1-10,13,16-17,19,23H,11-12,14-15,18H2,(H,33,40)(H2,32,34,35). The van der Waals surface area contributed by atoms with Gasteiger partial charge in [-0.15, -0.1) is 0 Å². The second-order valence-electron chi connectivity index (χ2n) is 10.3. The molecule has 3 N–H and O–H groups in total. The van der Waals surface area contributed by atoms with Crippen LogP contribution in [0.2, 0.25) is 0 Å². The Balaban J connectivity index is 1.10. The van der Waals surface area contributed by atoms with Crippen LogP contribution < -0.4 is 11.3 Å². The van der Waals surface area contributed by atoms with E-state index in [1.54, 1.807) is 12.4 Å². The number of piperidine rings is 1. The van der Waals surface area contributed by atoms with Gasteiger partial charge in [-0.05, 0) is 36.1 Å². The molecule has 0 radical (unpaired) electrons. The molecule has 0 unspecified atom stereocenters. The molecule has 9 heteroatoms. The van der Waals surface area contributed by atoms with Crippen LogP contribution in [0.3, 0.4) is 0 Å². The molecule has 5 heterocycles. The molecule has 0 atom stereocenters. The molecule has 1 saturated heterocycles. The van der Waals surface area contributed by atoms with Crippen LogP contribution in [-0.2, 0) is 6.54 Å². The first-order valence-electron chi connectivity index (χ1n) is 13.5. The Morgan fingerprint density at radius 1 is 0.925 bits per heavy atom. The zero-order valence-electron chi connectivity index (χ0n) is 21.9. The lowest BCUT2D eigenvalue weighted by molar-refractivity contribution is 0.175. The molecule has 1 aliphatic heterocycles. The number of nitrogen functional groups attached to an aromatic ring is 1. The summed E-state index contributed by atoms with van der Waals surface area (Å²) in [5, 5.41) is 5.97. The maximum Gasteiger partial charge on any atom is 0.257 e. The minimum Gasteiger partial charge on any atom is -0.383 e. The van der Waals surface area contributed by atoms with Gasteiger partial charge in [-0.1, -0.05) is 54.6 Å². The summed E-state index contributed by atoms with van der Waals surface area (Å²) in [5.41, 5.74) is 12.5. The number of anilines is 1. The zero-order chi connectivity index (χ0) is 27.1. The smallest absolute Gasteiger partial charge is 0.257 e. The Morgan fingerprint density at radius 3 is 2.52 bits per heavy atom. The third-order valence-electron chi connectivity index (χ3n) is 7.80. The molecule has 0 bridgehead atoms. The lowest BCUT2D eigenvalue weighted by Crippen LogP contribution is -2.34. The van der Waals surface area contributed by atoms with E-state index in [1.165, 1.54) is 11.9 Å². The summed E-state index contributed by atoms with van der Waals surface area (Å²) < 4.78 is 2.01. The summed E-state index contributed by atoms with van der Waals surface area (Å²) in [5.74, 6) is 0.473. The largest absolute Gasteiger partial charge is 0.383 e. The molecule has 9 nitrogen and oxygen atoms in total. The number of nitrogens with zero attached hydrogens (tertiary/aromatic N) is 6. The number of aromatic amines is 1. The number of aromatic nitrogens is 6. The first-order valence-corrected chi connectivity index (χ1v) is 13.5. The number of hydrogen-bond donors (Lipinski definition) is 2. The number of benzene rings is 2. The number of nitrogens with one attached hydrogen (secondary N) is 1. The maximum absolute atomic E-state index is 12.5. The van der Waals surface area contributed by atoms with E-state index in [0.29, 0.717) is 22.8 Å². The SMILES string of the molecule is Nc1ncnc2c1cnn2C1CCN(Cc2ccc(-c3nc4cc[nH]c(=O)c4cc3-c3ccccc3)cc2)CC1. The van der Waals surface area contributed by atoms with Crippen LogP contribution in [0.4, 0.5) is 5.82 Å². The lowest BCUT2D eigenvalue weighted by Gasteiger charge is -2.32. The van der Waals surface area contributed by atoms with E-state index < -0.39 is 0 Å². The highest BCUT2D eigenvalue weighted by molar-refractivity contribution is 5.91. The van der Waals surface area contributed by atoms with E-state index in [4.69, 9.17) is 10.7 Å². The molecule has 1 fully saturated rings. The predicted molar refractivity (Wildman–Crippen MR) is 157 cm³/mol. The van der Waals surface area contributed by atoms with E-state index in [1.807, 2.05) is 35.0 Å². The van der Waals surface area contributed by atoms with Crippen molar-refractivity contribution >= 4 is 27.8 Å². The van der Waals surface area contributed by atoms with Crippen molar-refractivity contribution in [2.45, 2.75) is 25.4 Å². The third-order valence-corrected chi connectivity index (χ3v) is 7.80. The van der Waals surface area contributed by atoms with Gasteiger partial charge in [0, 0.05) is 37.0 Å². The van der Waals surface area contributed by atoms with Gasteiger partial charge in [0.2, 0.25) is 0 Å². The van der Waals surface area contributed by atoms with Crippen LogP contribution in [0, 0.1) is 0 Å². The van der Waals surface area contributed by atoms with Gasteiger partial charge < -0.3 is 10.7 Å². The second kappa shape index (κ2) is 10.0. The minimum absolute atomic E-state index is 0.133. The first-order chi connectivity index (χ1) is 19.6. The van der Waals surface area contributed by atoms with Gasteiger partial charge in [0.05, 0.1) is 34.2 Å². The van der Waals surface area contributed by atoms with Crippen LogP contribution in [0.15, 0.2) is 90.2 Å². The van der Waals surface area contributed by atoms with Crippen molar-refractivity contribution in [3.63, 3.8) is 0 Å². The molecule has 198 valence electrons. The van der Waals surface area contributed by atoms with Crippen LogP contribution in [0.1, 0.15) is 24.4 Å². The number of hydrogen-bond acceptors (Lipinski definition) is 7. The Hall–Kier alpha value is -4.89. The summed E-state index contributed by atoms with van der Waals surface area (Å²) in [7, 11) is 0. The average molecular weight is 529 g/mol. The predicted octanol–water partition coefficient (Wildman–Crippen LogP) is 4.82. The molecular formula is C31H28N8O. The molecule has 7 rings (SSSR count). The highest BCUT2D eigenvalue weighted by Crippen LogP contribution is 2.33. The van der Waals surface area contributed by atoms with E-state index in [0.717, 1.165) is 65.9 Å². The van der Waals surface area contributed by atoms with Gasteiger partial charge >= 0.3 is 0 Å². The second-order valence-corrected chi connectivity index (χ2v) is 10.3. The van der Waals surface area contributed by atoms with E-state index in [2.05, 4.69) is 61.3 Å². The Kier molecular flexibility index (Phi) is 6.05. The summed E-state index contributed by atoms with van der Waals surface area (Å²) in [6, 6.07) is 22.8. The fraction of sp³-hybridized carbons (Fsp3) is 0.194. The fourth-order valence-corrected chi connectivity index (χ4v) is 5.66. The summed E-state index contributed by atoms with van der Waals surface area (Å²) in [6.45, 7) is 2.84. The van der Waals surface area contributed by atoms with E-state index >= 15 is 0 Å². The van der Waals surface area contributed by atoms with Crippen molar-refractivity contribution in [3.05, 3.63) is 101 Å². The number of rotatable bonds is 5. The molecule has 4 aromatic heterocycles. The van der Waals surface area contributed by atoms with Crippen LogP contribution in [0.5, 0.6) is 0 Å². The van der Waals surface area contributed by atoms with Gasteiger partial charge in [0.15, 0.2) is 5.65 Å². The third kappa shape index (κ3) is 4.40. The number of fused-ring (bicyclic) bond motifs is 2. The van der Waals surface area contributed by atoms with Gasteiger partial charge in [0.1, 0.15) is 12.1 Å². The number of likely N-dealkylation sites (tertiary alicyclic amines) is 1. The quantitative estimate of drug-likeness (QED) is 0.329. The van der Waals surface area contributed by atoms with Crippen molar-refractivity contribution in [2.75, 3.05) is 18.8 Å². The van der Waals surface area contributed by atoms with Gasteiger partial charge in [-0.3, -0.25) is 9.69 Å². The van der Waals surface area contributed by atoms with Crippen molar-refractivity contribution in [1.29, 1.82) is 0 Å². The molecule has 6 aromatic rings. The normalized spacial score (nSPS) is 14.7. The van der Waals surface area contributed by atoms with Gasteiger partial charge in [-0.2, -0.15) is 5.10 Å². The van der Waals surface area contributed by atoms with Crippen LogP contribution >= 0.6 is 0 Å². The molecule has 0 spiro atoms. The zero-order valence-corrected chi connectivity index (χ0v) is 21.9. The fourth-order valence-electron chi connectivity index (χ4n) is 5.66. The molecule has 0 saturated carbocycles. The van der Waals surface area contributed by atoms with Crippen LogP contribution in [0.25, 0.3) is 44.3 Å². The highest BCUT2D eigenvalue weighted by Gasteiger charge is 2.23. The summed E-state index contributed by atoms with van der Waals surface area (Å²) in [6.07, 6.45) is 6.92. The average Bonchev–Trinajstić information content (AvgIpc) is 3.44. The molecule has 1 aliphatic rings. The monoisotopic (exact) mass is 528 g/mol. The minimum atomic E-state index is -0.133. The Bertz CT molecular complexity index is 1870. The number of H-pyrrole nitrogens is 1.